The van der Waals surface area contributed by atoms with E-state index < -0.39 is 0 Å². The number of pyridine rings is 1. The largest absolute Gasteiger partial charge is 0.557 e. The molecular weight excluding hydrogens is 839 g/mol. The molecule has 4 nitrogen and oxygen atoms in total. The van der Waals surface area contributed by atoms with Crippen LogP contribution in [0.4, 0.5) is 0 Å². The normalized spacial score (nSPS) is 11.2. The quantitative estimate of drug-likeness (QED) is 0.156. The number of nitrogens with zero attached hydrogens (tertiary/aromatic N) is 3. The Bertz CT molecular complexity index is 2510. The number of fused-ring (bicyclic) bond motifs is 2. The van der Waals surface area contributed by atoms with Crippen LogP contribution in [0.3, 0.4) is 0 Å². The van der Waals surface area contributed by atoms with Gasteiger partial charge in [0.05, 0.1) is 22.5 Å². The van der Waals surface area contributed by atoms with Crippen molar-refractivity contribution < 1.29 is 24.5 Å². The Balaban J connectivity index is 0.000000294. The minimum absolute atomic E-state index is 0. The van der Waals surface area contributed by atoms with Crippen molar-refractivity contribution in [3.8, 4) is 50.6 Å². The predicted molar refractivity (Wildman–Crippen MR) is 218 cm³/mol. The number of benzene rings is 6. The molecule has 1 radical (unpaired) electrons. The second kappa shape index (κ2) is 16.0. The summed E-state index contributed by atoms with van der Waals surface area (Å²) in [4.78, 5) is 9.44. The topological polar surface area (TPSA) is 43.9 Å². The summed E-state index contributed by atoms with van der Waals surface area (Å²) in [5.41, 5.74) is 12.8. The summed E-state index contributed by atoms with van der Waals surface area (Å²) in [6.07, 6.45) is 6.01. The molecule has 267 valence electrons. The Morgan fingerprint density at radius 1 is 0.667 bits per heavy atom. The first-order valence-corrected chi connectivity index (χ1v) is 18.0. The van der Waals surface area contributed by atoms with Crippen molar-refractivity contribution in [2.75, 3.05) is 0 Å². The van der Waals surface area contributed by atoms with Gasteiger partial charge in [-0.05, 0) is 46.9 Å². The zero-order valence-corrected chi connectivity index (χ0v) is 32.9. The Labute approximate surface area is 330 Å². The molecule has 54 heavy (non-hydrogen) atoms. The molecule has 0 fully saturated rings. The van der Waals surface area contributed by atoms with Crippen LogP contribution >= 0.6 is 0 Å². The monoisotopic (exact) mass is 878 g/mol. The molecule has 0 saturated carbocycles. The summed E-state index contributed by atoms with van der Waals surface area (Å²) >= 11 is 0. The summed E-state index contributed by atoms with van der Waals surface area (Å²) in [6, 6.07) is 59.4. The standard InChI is InChI=1S/C38H31N2O.C11H8N.Ir/c1-38(2,3)24-26-21-22-35-31(23-26)32(25-41-35)37-39-33-19-10-11-20-34(33)40(37)36-29(27-13-6-4-7-14-27)17-12-18-30(36)28-15-8-5-9-16-28;1-2-6-10(7-3-1)11-8-4-5-9-12-11;/h4-23H,24H2,1-3H3;1-6,8-9H;/q2*-1;. The van der Waals surface area contributed by atoms with Crippen molar-refractivity contribution in [2.45, 2.75) is 27.2 Å². The number of imidazole rings is 1. The van der Waals surface area contributed by atoms with Gasteiger partial charge < -0.3 is 14.0 Å². The van der Waals surface area contributed by atoms with Crippen molar-refractivity contribution in [1.29, 1.82) is 0 Å². The average Bonchev–Trinajstić information content (AvgIpc) is 3.80. The van der Waals surface area contributed by atoms with Gasteiger partial charge >= 0.3 is 0 Å². The fraction of sp³-hybridized carbons (Fsp3) is 0.102. The molecule has 3 heterocycles. The molecule has 0 spiro atoms. The number of hydrogen-bond acceptors (Lipinski definition) is 3. The van der Waals surface area contributed by atoms with E-state index in [0.717, 1.165) is 79.0 Å². The van der Waals surface area contributed by atoms with Gasteiger partial charge in [0.25, 0.3) is 0 Å². The van der Waals surface area contributed by atoms with Crippen LogP contribution < -0.4 is 0 Å². The first-order chi connectivity index (χ1) is 25.9. The molecule has 5 heteroatoms. The SMILES string of the molecule is CC(C)(C)Cc1ccc2o[c-]c(-c3nc4ccccc4n3-c3c(-c4ccccc4)cccc3-c3ccccc3)c2c1.[Ir].[c-]1ccccc1-c1ccccn1. The van der Waals surface area contributed by atoms with E-state index in [2.05, 4.69) is 158 Å². The van der Waals surface area contributed by atoms with Crippen LogP contribution in [-0.2, 0) is 26.5 Å². The first kappa shape index (κ1) is 36.5. The van der Waals surface area contributed by atoms with E-state index >= 15 is 0 Å². The van der Waals surface area contributed by atoms with Gasteiger partial charge in [0.2, 0.25) is 0 Å². The van der Waals surface area contributed by atoms with Gasteiger partial charge in [-0.15, -0.1) is 35.9 Å². The second-order valence-electron chi connectivity index (χ2n) is 14.3. The van der Waals surface area contributed by atoms with Gasteiger partial charge in [-0.2, -0.15) is 0 Å². The van der Waals surface area contributed by atoms with Crippen LogP contribution in [0.2, 0.25) is 0 Å². The van der Waals surface area contributed by atoms with Gasteiger partial charge in [0.15, 0.2) is 0 Å². The van der Waals surface area contributed by atoms with Crippen molar-refractivity contribution in [3.63, 3.8) is 0 Å². The Hall–Kier alpha value is -5.87. The smallest absolute Gasteiger partial charge is 0.0774 e. The minimum Gasteiger partial charge on any atom is -0.557 e. The van der Waals surface area contributed by atoms with Crippen molar-refractivity contribution in [2.24, 2.45) is 5.41 Å². The molecule has 0 bridgehead atoms. The number of rotatable bonds is 6. The molecule has 0 aliphatic carbocycles. The van der Waals surface area contributed by atoms with E-state index in [4.69, 9.17) is 9.40 Å². The molecule has 0 saturated heterocycles. The molecule has 0 aliphatic heterocycles. The van der Waals surface area contributed by atoms with Crippen LogP contribution in [-0.4, -0.2) is 14.5 Å². The summed E-state index contributed by atoms with van der Waals surface area (Å²) in [5.74, 6) is 0.818. The maximum absolute atomic E-state index is 6.03. The average molecular weight is 878 g/mol. The van der Waals surface area contributed by atoms with Crippen LogP contribution in [0.15, 0.2) is 174 Å². The van der Waals surface area contributed by atoms with Crippen LogP contribution in [0, 0.1) is 17.7 Å². The van der Waals surface area contributed by atoms with Crippen molar-refractivity contribution in [1.82, 2.24) is 14.5 Å². The Morgan fingerprint density at radius 2 is 1.33 bits per heavy atom. The molecule has 0 aliphatic rings. The predicted octanol–water partition coefficient (Wildman–Crippen LogP) is 12.7. The molecule has 9 aromatic rings. The maximum Gasteiger partial charge on any atom is 0.0774 e. The first-order valence-electron chi connectivity index (χ1n) is 18.0. The molecule has 6 aromatic carbocycles. The van der Waals surface area contributed by atoms with Gasteiger partial charge in [-0.25, -0.2) is 0 Å². The van der Waals surface area contributed by atoms with Crippen LogP contribution in [0.5, 0.6) is 0 Å². The number of aromatic nitrogens is 3. The van der Waals surface area contributed by atoms with Crippen LogP contribution in [0.25, 0.3) is 72.6 Å². The fourth-order valence-electron chi connectivity index (χ4n) is 6.89. The van der Waals surface area contributed by atoms with Crippen molar-refractivity contribution >= 4 is 22.0 Å². The molecule has 0 N–H and O–H groups in total. The second-order valence-corrected chi connectivity index (χ2v) is 14.3. The summed E-state index contributed by atoms with van der Waals surface area (Å²) in [5, 5.41) is 1.03. The number of hydrogen-bond donors (Lipinski definition) is 0. The Kier molecular flexibility index (Phi) is 10.8. The van der Waals surface area contributed by atoms with E-state index in [1.807, 2.05) is 48.5 Å². The van der Waals surface area contributed by atoms with Gasteiger partial charge in [-0.1, -0.05) is 159 Å². The van der Waals surface area contributed by atoms with E-state index in [-0.39, 0.29) is 25.5 Å². The molecular formula is C49H39IrN3O-2. The number of furan rings is 1. The molecule has 3 aromatic heterocycles. The van der Waals surface area contributed by atoms with Gasteiger partial charge in [0, 0.05) is 49.3 Å². The zero-order valence-electron chi connectivity index (χ0n) is 30.5. The maximum atomic E-state index is 6.03. The molecule has 0 atom stereocenters. The van der Waals surface area contributed by atoms with Crippen molar-refractivity contribution in [3.05, 3.63) is 188 Å². The summed E-state index contributed by atoms with van der Waals surface area (Å²) < 4.78 is 8.33. The number of para-hydroxylation sites is 3. The molecule has 9 rings (SSSR count). The molecule has 0 unspecified atom stereocenters. The third kappa shape index (κ3) is 7.75. The van der Waals surface area contributed by atoms with E-state index in [1.165, 1.54) is 5.56 Å². The summed E-state index contributed by atoms with van der Waals surface area (Å²) in [7, 11) is 0. The summed E-state index contributed by atoms with van der Waals surface area (Å²) in [6.45, 7) is 6.81. The fourth-order valence-corrected chi connectivity index (χ4v) is 6.89. The molecule has 0 amide bonds. The minimum atomic E-state index is 0. The third-order valence-corrected chi connectivity index (χ3v) is 9.17. The van der Waals surface area contributed by atoms with E-state index in [1.54, 1.807) is 6.20 Å². The van der Waals surface area contributed by atoms with Gasteiger partial charge in [-0.3, -0.25) is 4.98 Å². The third-order valence-electron chi connectivity index (χ3n) is 9.17. The van der Waals surface area contributed by atoms with Crippen LogP contribution in [0.1, 0.15) is 26.3 Å². The Morgan fingerprint density at radius 3 is 1.98 bits per heavy atom. The zero-order chi connectivity index (χ0) is 36.2. The van der Waals surface area contributed by atoms with E-state index in [0.29, 0.717) is 0 Å². The van der Waals surface area contributed by atoms with Gasteiger partial charge in [0.1, 0.15) is 0 Å². The van der Waals surface area contributed by atoms with E-state index in [9.17, 15) is 0 Å².